The molecular formula is C34H37N7O5. The number of carbonyl (C=O) groups is 3. The molecule has 2 aliphatic carbocycles. The summed E-state index contributed by atoms with van der Waals surface area (Å²) in [5.74, 6) is -1.19. The molecule has 0 spiro atoms. The van der Waals surface area contributed by atoms with Crippen LogP contribution in [0, 0.1) is 0 Å². The molecule has 4 aromatic rings. The number of hydrogen-bond donors (Lipinski definition) is 3. The second-order valence-corrected chi connectivity index (χ2v) is 11.9. The normalized spacial score (nSPS) is 16.2. The van der Waals surface area contributed by atoms with Gasteiger partial charge in [-0.3, -0.25) is 9.59 Å². The standard InChI is InChI=1S/C34H37N7O5/c1-3-46-32-25(12-13-28(42)43)37-19-27(38-32)39-33(45)34(14-6-7-15-34)40-31(44)22-10-11-24-26(16-22)41(2)30(23-17-35-20-36-18-23)29(24)21-8-4-5-9-21/h10-13,16-21H,3-9,14-15H2,1-2H3,(H,40,44)(H,42,43)(H,38,39,45)/b13-12+. The number of fused-ring (bicyclic) bond motifs is 1. The molecule has 2 fully saturated rings. The van der Waals surface area contributed by atoms with E-state index in [1.54, 1.807) is 6.92 Å². The molecule has 12 heteroatoms. The Balaban J connectivity index is 1.28. The van der Waals surface area contributed by atoms with E-state index in [0.717, 1.165) is 53.9 Å². The van der Waals surface area contributed by atoms with Gasteiger partial charge in [0.25, 0.3) is 11.8 Å². The van der Waals surface area contributed by atoms with E-state index in [2.05, 4.69) is 35.1 Å². The fourth-order valence-corrected chi connectivity index (χ4v) is 6.87. The van der Waals surface area contributed by atoms with Gasteiger partial charge in [-0.2, -0.15) is 4.98 Å². The van der Waals surface area contributed by atoms with E-state index in [9.17, 15) is 14.4 Å². The number of rotatable bonds is 10. The molecule has 46 heavy (non-hydrogen) atoms. The van der Waals surface area contributed by atoms with Crippen LogP contribution in [0.3, 0.4) is 0 Å². The Kier molecular flexibility index (Phi) is 8.78. The average molecular weight is 624 g/mol. The Morgan fingerprint density at radius 2 is 1.83 bits per heavy atom. The molecule has 0 atom stereocenters. The first-order valence-corrected chi connectivity index (χ1v) is 15.7. The van der Waals surface area contributed by atoms with Crippen molar-refractivity contribution in [3.8, 4) is 17.1 Å². The third kappa shape index (κ3) is 6.07. The summed E-state index contributed by atoms with van der Waals surface area (Å²) in [4.78, 5) is 55.6. The Labute approximate surface area is 266 Å². The van der Waals surface area contributed by atoms with Gasteiger partial charge >= 0.3 is 5.97 Å². The predicted molar refractivity (Wildman–Crippen MR) is 172 cm³/mol. The Morgan fingerprint density at radius 3 is 2.52 bits per heavy atom. The molecule has 1 aromatic carbocycles. The van der Waals surface area contributed by atoms with Gasteiger partial charge in [0.2, 0.25) is 5.88 Å². The number of aromatic nitrogens is 5. The number of nitrogens with zero attached hydrogens (tertiary/aromatic N) is 5. The zero-order valence-electron chi connectivity index (χ0n) is 26.0. The maximum atomic E-state index is 13.8. The molecule has 2 aliphatic rings. The molecule has 2 amide bonds. The quantitative estimate of drug-likeness (QED) is 0.200. The molecule has 0 radical (unpaired) electrons. The van der Waals surface area contributed by atoms with Crippen molar-refractivity contribution >= 4 is 40.6 Å². The molecule has 3 aromatic heterocycles. The van der Waals surface area contributed by atoms with Gasteiger partial charge in [-0.1, -0.05) is 31.7 Å². The second-order valence-electron chi connectivity index (χ2n) is 11.9. The highest BCUT2D eigenvalue weighted by atomic mass is 16.5. The SMILES string of the molecule is CCOc1nc(NC(=O)C2(NC(=O)c3ccc4c(C5CCCC5)c(-c5cncnc5)n(C)c4c3)CCCC2)cnc1/C=C/C(=O)O. The lowest BCUT2D eigenvalue weighted by atomic mass is 9.92. The van der Waals surface area contributed by atoms with Gasteiger partial charge in [0.15, 0.2) is 5.82 Å². The van der Waals surface area contributed by atoms with Gasteiger partial charge in [0.1, 0.15) is 17.6 Å². The zero-order valence-corrected chi connectivity index (χ0v) is 26.0. The largest absolute Gasteiger partial charge is 0.478 e. The summed E-state index contributed by atoms with van der Waals surface area (Å²) in [6, 6.07) is 5.77. The van der Waals surface area contributed by atoms with Crippen LogP contribution in [0.15, 0.2) is 49.2 Å². The number of aryl methyl sites for hydroxylation is 1. The maximum absolute atomic E-state index is 13.8. The van der Waals surface area contributed by atoms with Crippen molar-refractivity contribution in [3.63, 3.8) is 0 Å². The Morgan fingerprint density at radius 1 is 1.09 bits per heavy atom. The van der Waals surface area contributed by atoms with Crippen molar-refractivity contribution in [3.05, 3.63) is 66.0 Å². The minimum atomic E-state index is -1.13. The van der Waals surface area contributed by atoms with Crippen LogP contribution >= 0.6 is 0 Å². The van der Waals surface area contributed by atoms with E-state index < -0.39 is 17.4 Å². The van der Waals surface area contributed by atoms with Crippen molar-refractivity contribution in [2.45, 2.75) is 69.7 Å². The third-order valence-corrected chi connectivity index (χ3v) is 9.02. The highest BCUT2D eigenvalue weighted by Gasteiger charge is 2.43. The number of carboxylic acid groups (broad SMARTS) is 1. The van der Waals surface area contributed by atoms with Gasteiger partial charge in [-0.15, -0.1) is 0 Å². The van der Waals surface area contributed by atoms with Crippen LogP contribution in [0.2, 0.25) is 0 Å². The van der Waals surface area contributed by atoms with Crippen molar-refractivity contribution in [2.75, 3.05) is 11.9 Å². The first-order chi connectivity index (χ1) is 22.3. The van der Waals surface area contributed by atoms with Gasteiger partial charge in [0.05, 0.1) is 18.5 Å². The summed E-state index contributed by atoms with van der Waals surface area (Å²) in [5.41, 5.74) is 3.79. The molecule has 0 aliphatic heterocycles. The van der Waals surface area contributed by atoms with E-state index in [4.69, 9.17) is 9.84 Å². The van der Waals surface area contributed by atoms with Crippen LogP contribution in [0.25, 0.3) is 28.2 Å². The Bertz CT molecular complexity index is 1810. The number of ether oxygens (including phenoxy) is 1. The molecule has 0 saturated heterocycles. The van der Waals surface area contributed by atoms with E-state index in [1.165, 1.54) is 37.0 Å². The molecule has 238 valence electrons. The first-order valence-electron chi connectivity index (χ1n) is 15.7. The fraction of sp³-hybridized carbons (Fsp3) is 0.382. The van der Waals surface area contributed by atoms with Crippen molar-refractivity contribution in [1.29, 1.82) is 0 Å². The fourth-order valence-electron chi connectivity index (χ4n) is 6.87. The molecule has 0 unspecified atom stereocenters. The molecule has 3 heterocycles. The number of carbonyl (C=O) groups excluding carboxylic acids is 2. The lowest BCUT2D eigenvalue weighted by Crippen LogP contribution is -2.55. The second kappa shape index (κ2) is 13.1. The van der Waals surface area contributed by atoms with Crippen LogP contribution in [-0.2, 0) is 16.6 Å². The molecule has 12 nitrogen and oxygen atoms in total. The smallest absolute Gasteiger partial charge is 0.328 e. The van der Waals surface area contributed by atoms with Crippen molar-refractivity contribution in [2.24, 2.45) is 7.05 Å². The van der Waals surface area contributed by atoms with Crippen LogP contribution in [-0.4, -0.2) is 59.5 Å². The molecule has 6 rings (SSSR count). The highest BCUT2D eigenvalue weighted by Crippen LogP contribution is 2.44. The summed E-state index contributed by atoms with van der Waals surface area (Å²) in [6.45, 7) is 2.04. The highest BCUT2D eigenvalue weighted by molar-refractivity contribution is 6.05. The lowest BCUT2D eigenvalue weighted by Gasteiger charge is -2.29. The summed E-state index contributed by atoms with van der Waals surface area (Å²) in [6.07, 6.45) is 15.9. The van der Waals surface area contributed by atoms with Gasteiger partial charge in [-0.25, -0.2) is 19.7 Å². The van der Waals surface area contributed by atoms with Crippen LogP contribution in [0.5, 0.6) is 5.88 Å². The summed E-state index contributed by atoms with van der Waals surface area (Å²) in [5, 5.41) is 16.0. The van der Waals surface area contributed by atoms with E-state index in [-0.39, 0.29) is 29.9 Å². The van der Waals surface area contributed by atoms with Gasteiger partial charge < -0.3 is 25.0 Å². The van der Waals surface area contributed by atoms with Crippen LogP contribution < -0.4 is 15.4 Å². The van der Waals surface area contributed by atoms with Crippen LogP contribution in [0.1, 0.15) is 85.8 Å². The number of amides is 2. The number of anilines is 1. The van der Waals surface area contributed by atoms with Crippen LogP contribution in [0.4, 0.5) is 5.82 Å². The van der Waals surface area contributed by atoms with E-state index in [1.807, 2.05) is 37.6 Å². The number of nitrogens with one attached hydrogen (secondary N) is 2. The zero-order chi connectivity index (χ0) is 32.3. The van der Waals surface area contributed by atoms with Crippen molar-refractivity contribution in [1.82, 2.24) is 29.8 Å². The van der Waals surface area contributed by atoms with Crippen molar-refractivity contribution < 1.29 is 24.2 Å². The monoisotopic (exact) mass is 623 g/mol. The minimum absolute atomic E-state index is 0.0941. The first kappa shape index (κ1) is 30.9. The third-order valence-electron chi connectivity index (χ3n) is 9.02. The minimum Gasteiger partial charge on any atom is -0.478 e. The molecule has 2 saturated carbocycles. The van der Waals surface area contributed by atoms with Gasteiger partial charge in [-0.05, 0) is 62.3 Å². The summed E-state index contributed by atoms with van der Waals surface area (Å²) >= 11 is 0. The average Bonchev–Trinajstić information content (AvgIpc) is 3.82. The predicted octanol–water partition coefficient (Wildman–Crippen LogP) is 5.26. The molecule has 3 N–H and O–H groups in total. The number of hydrogen-bond acceptors (Lipinski definition) is 8. The number of benzene rings is 1. The number of carboxylic acids is 1. The Hall–Kier alpha value is -5.13. The lowest BCUT2D eigenvalue weighted by molar-refractivity contribution is -0.131. The van der Waals surface area contributed by atoms with E-state index >= 15 is 0 Å². The maximum Gasteiger partial charge on any atom is 0.328 e. The molecule has 0 bridgehead atoms. The number of aliphatic carboxylic acids is 1. The van der Waals surface area contributed by atoms with Gasteiger partial charge in [0, 0.05) is 47.5 Å². The summed E-state index contributed by atoms with van der Waals surface area (Å²) in [7, 11) is 2.01. The topological polar surface area (TPSA) is 161 Å². The molecular weight excluding hydrogens is 586 g/mol. The summed E-state index contributed by atoms with van der Waals surface area (Å²) < 4.78 is 7.66. The van der Waals surface area contributed by atoms with E-state index in [0.29, 0.717) is 24.3 Å².